The number of aromatic nitrogens is 2. The number of aliphatic hydroxyl groups excluding tert-OH is 1. The number of imidazole rings is 1. The molecule has 1 saturated heterocycles. The number of likely N-dealkylation sites (tertiary alicyclic amines) is 1. The second-order valence-electron chi connectivity index (χ2n) is 14.8. The van der Waals surface area contributed by atoms with Crippen molar-refractivity contribution in [3.05, 3.63) is 84.4 Å². The molecule has 5 unspecified atom stereocenters. The van der Waals surface area contributed by atoms with Gasteiger partial charge in [-0.05, 0) is 82.1 Å². The molecule has 0 radical (unpaired) electrons. The van der Waals surface area contributed by atoms with Crippen molar-refractivity contribution < 1.29 is 42.1 Å². The highest BCUT2D eigenvalue weighted by Crippen LogP contribution is 2.27. The molecule has 53 heavy (non-hydrogen) atoms. The molecular weight excluding hydrogens is 691 g/mol. The average Bonchev–Trinajstić information content (AvgIpc) is 3.64. The van der Waals surface area contributed by atoms with Gasteiger partial charge in [-0.1, -0.05) is 62.7 Å². The van der Waals surface area contributed by atoms with E-state index in [0.717, 1.165) is 30.5 Å². The van der Waals surface area contributed by atoms with Crippen molar-refractivity contribution in [2.24, 2.45) is 11.8 Å². The van der Waals surface area contributed by atoms with E-state index in [1.54, 1.807) is 38.2 Å². The fourth-order valence-electron chi connectivity index (χ4n) is 6.48. The maximum Gasteiger partial charge on any atom is 0.573 e. The lowest BCUT2D eigenvalue weighted by atomic mass is 9.87. The third kappa shape index (κ3) is 13.1. The number of hydrogen-bond acceptors (Lipinski definition) is 7. The van der Waals surface area contributed by atoms with Gasteiger partial charge in [-0.3, -0.25) is 9.59 Å². The van der Waals surface area contributed by atoms with E-state index in [-0.39, 0.29) is 37.1 Å². The van der Waals surface area contributed by atoms with Crippen molar-refractivity contribution in [2.75, 3.05) is 13.1 Å². The Morgan fingerprint density at radius 2 is 1.60 bits per heavy atom. The van der Waals surface area contributed by atoms with Crippen LogP contribution in [-0.4, -0.2) is 80.7 Å². The molecule has 0 bridgehead atoms. The first kappa shape index (κ1) is 41.2. The molecule has 11 nitrogen and oxygen atoms in total. The van der Waals surface area contributed by atoms with Crippen LogP contribution >= 0.6 is 0 Å². The summed E-state index contributed by atoms with van der Waals surface area (Å²) >= 11 is 0. The number of amides is 3. The number of rotatable bonds is 15. The minimum absolute atomic E-state index is 0.0252. The summed E-state index contributed by atoms with van der Waals surface area (Å²) in [5, 5.41) is 17.5. The Morgan fingerprint density at radius 1 is 0.962 bits per heavy atom. The lowest BCUT2D eigenvalue weighted by molar-refractivity contribution is -0.274. The summed E-state index contributed by atoms with van der Waals surface area (Å²) < 4.78 is 50.0. The first-order chi connectivity index (χ1) is 25.0. The van der Waals surface area contributed by atoms with Crippen molar-refractivity contribution in [1.82, 2.24) is 25.1 Å². The predicted molar refractivity (Wildman–Crippen MR) is 193 cm³/mol. The molecule has 0 saturated carbocycles. The van der Waals surface area contributed by atoms with Crippen molar-refractivity contribution in [3.63, 3.8) is 0 Å². The Morgan fingerprint density at radius 3 is 2.17 bits per heavy atom. The van der Waals surface area contributed by atoms with Gasteiger partial charge >= 0.3 is 12.5 Å². The Kier molecular flexibility index (Phi) is 14.3. The number of piperidine rings is 1. The second-order valence-corrected chi connectivity index (χ2v) is 14.8. The third-order valence-corrected chi connectivity index (χ3v) is 9.50. The number of hydrogen-bond donors (Lipinski definition) is 3. The van der Waals surface area contributed by atoms with Gasteiger partial charge < -0.3 is 34.7 Å². The van der Waals surface area contributed by atoms with Crippen LogP contribution in [0.1, 0.15) is 77.5 Å². The second kappa shape index (κ2) is 18.4. The Balaban J connectivity index is 1.57. The topological polar surface area (TPSA) is 135 Å². The summed E-state index contributed by atoms with van der Waals surface area (Å²) in [6.07, 6.45) is 0.721. The van der Waals surface area contributed by atoms with Crippen LogP contribution in [0.4, 0.5) is 18.0 Å². The highest BCUT2D eigenvalue weighted by Gasteiger charge is 2.36. The van der Waals surface area contributed by atoms with Crippen LogP contribution in [0.25, 0.3) is 0 Å². The fourth-order valence-corrected chi connectivity index (χ4v) is 6.48. The number of aliphatic hydroxyl groups is 1. The number of nitrogens with zero attached hydrogens (tertiary/aromatic N) is 3. The minimum atomic E-state index is -4.87. The van der Waals surface area contributed by atoms with Gasteiger partial charge in [-0.15, -0.1) is 13.2 Å². The zero-order chi connectivity index (χ0) is 38.8. The molecule has 1 aliphatic heterocycles. The number of carbonyl (C=O) groups excluding carboxylic acids is 3. The minimum Gasteiger partial charge on any atom is -0.444 e. The number of halogens is 3. The first-order valence-corrected chi connectivity index (χ1v) is 18.1. The summed E-state index contributed by atoms with van der Waals surface area (Å²) in [7, 11) is 0. The molecule has 2 aromatic carbocycles. The molecule has 3 aromatic rings. The number of alkyl halides is 3. The van der Waals surface area contributed by atoms with Crippen LogP contribution < -0.4 is 15.4 Å². The molecule has 4 rings (SSSR count). The van der Waals surface area contributed by atoms with Gasteiger partial charge in [0.15, 0.2) is 0 Å². The lowest BCUT2D eigenvalue weighted by Gasteiger charge is -2.36. The van der Waals surface area contributed by atoms with E-state index in [2.05, 4.69) is 20.4 Å². The molecular formula is C39H52F3N5O6. The maximum atomic E-state index is 14.3. The molecule has 1 fully saturated rings. The summed E-state index contributed by atoms with van der Waals surface area (Å²) in [6.45, 7) is 10.0. The molecule has 3 N–H and O–H groups in total. The number of carbonyl (C=O) groups is 3. The van der Waals surface area contributed by atoms with Crippen molar-refractivity contribution in [3.8, 4) is 5.75 Å². The van der Waals surface area contributed by atoms with E-state index < -0.39 is 53.8 Å². The normalized spacial score (nSPS) is 16.9. The van der Waals surface area contributed by atoms with Crippen LogP contribution in [0.3, 0.4) is 0 Å². The molecule has 5 atom stereocenters. The molecule has 1 aliphatic rings. The largest absolute Gasteiger partial charge is 0.573 e. The Hall–Kier alpha value is -4.59. The van der Waals surface area contributed by atoms with Gasteiger partial charge in [0.1, 0.15) is 17.4 Å². The molecule has 0 aliphatic carbocycles. The van der Waals surface area contributed by atoms with Crippen molar-refractivity contribution >= 4 is 17.9 Å². The Bertz CT molecular complexity index is 1590. The monoisotopic (exact) mass is 743 g/mol. The van der Waals surface area contributed by atoms with Crippen LogP contribution in [0.2, 0.25) is 0 Å². The Labute approximate surface area is 309 Å². The third-order valence-electron chi connectivity index (χ3n) is 9.50. The SMILES string of the molecule is CCC(C)C(NC(=O)C(Cc1ccc(OC(F)(F)F)cc1)CC(O)C(Cc1ccccc1)NC(=O)OC(C)(C)C)C(=O)N1CCC(n2ccnc2)CC1. The quantitative estimate of drug-likeness (QED) is 0.168. The number of nitrogens with one attached hydrogen (secondary N) is 2. The van der Waals surface area contributed by atoms with E-state index in [0.29, 0.717) is 25.1 Å². The number of ether oxygens (including phenoxy) is 2. The summed E-state index contributed by atoms with van der Waals surface area (Å²) in [4.78, 5) is 47.1. The van der Waals surface area contributed by atoms with Crippen LogP contribution in [-0.2, 0) is 27.2 Å². The summed E-state index contributed by atoms with van der Waals surface area (Å²) in [5.41, 5.74) is 0.538. The molecule has 0 spiro atoms. The average molecular weight is 744 g/mol. The van der Waals surface area contributed by atoms with E-state index in [1.807, 2.05) is 54.9 Å². The number of alkyl carbamates (subject to hydrolysis) is 1. The first-order valence-electron chi connectivity index (χ1n) is 18.1. The highest BCUT2D eigenvalue weighted by molar-refractivity contribution is 5.89. The van der Waals surface area contributed by atoms with E-state index in [9.17, 15) is 32.7 Å². The molecule has 2 heterocycles. The lowest BCUT2D eigenvalue weighted by Crippen LogP contribution is -2.55. The zero-order valence-electron chi connectivity index (χ0n) is 31.0. The van der Waals surface area contributed by atoms with Gasteiger partial charge in [-0.2, -0.15) is 0 Å². The van der Waals surface area contributed by atoms with Crippen LogP contribution in [0.5, 0.6) is 5.75 Å². The predicted octanol–water partition coefficient (Wildman–Crippen LogP) is 6.22. The standard InChI is InChI=1S/C39H52F3N5O6/c1-6-26(2)34(36(50)46-19-16-30(17-20-46)47-21-18-43-25-47)45-35(49)29(22-28-12-14-31(15-13-28)52-39(40,41)42)24-33(48)32(23-27-10-8-7-9-11-27)44-37(51)53-38(3,4)5/h7-15,18,21,25-26,29-30,32-34,48H,6,16-17,19-20,22-24H2,1-5H3,(H,44,51)(H,45,49). The van der Waals surface area contributed by atoms with E-state index in [1.165, 1.54) is 12.1 Å². The molecule has 290 valence electrons. The maximum absolute atomic E-state index is 14.3. The van der Waals surface area contributed by atoms with Gasteiger partial charge in [0.2, 0.25) is 11.8 Å². The highest BCUT2D eigenvalue weighted by atomic mass is 19.4. The van der Waals surface area contributed by atoms with E-state index in [4.69, 9.17) is 4.74 Å². The molecule has 14 heteroatoms. The van der Waals surface area contributed by atoms with Crippen LogP contribution in [0, 0.1) is 11.8 Å². The smallest absolute Gasteiger partial charge is 0.444 e. The summed E-state index contributed by atoms with van der Waals surface area (Å²) in [5.74, 6) is -2.27. The van der Waals surface area contributed by atoms with Crippen molar-refractivity contribution in [2.45, 2.75) is 109 Å². The molecule has 3 amide bonds. The van der Waals surface area contributed by atoms with Gasteiger partial charge in [0.05, 0.1) is 18.5 Å². The fraction of sp³-hybridized carbons (Fsp3) is 0.538. The van der Waals surface area contributed by atoms with Crippen molar-refractivity contribution in [1.29, 1.82) is 0 Å². The summed E-state index contributed by atoms with van der Waals surface area (Å²) in [6, 6.07) is 12.9. The zero-order valence-corrected chi connectivity index (χ0v) is 31.0. The van der Waals surface area contributed by atoms with E-state index >= 15 is 0 Å². The van der Waals surface area contributed by atoms with Crippen LogP contribution in [0.15, 0.2) is 73.3 Å². The molecule has 1 aromatic heterocycles. The van der Waals surface area contributed by atoms with Gasteiger partial charge in [-0.25, -0.2) is 9.78 Å². The number of benzene rings is 2. The van der Waals surface area contributed by atoms with Gasteiger partial charge in [0, 0.05) is 37.4 Å². The van der Waals surface area contributed by atoms with Gasteiger partial charge in [0.25, 0.3) is 0 Å².